The molecular weight excluding hydrogens is 361 g/mol. The molecule has 27 heavy (non-hydrogen) atoms. The minimum absolute atomic E-state index is 0.401. The summed E-state index contributed by atoms with van der Waals surface area (Å²) >= 11 is 0. The fraction of sp³-hybridized carbons (Fsp3) is 0.450. The van der Waals surface area contributed by atoms with Gasteiger partial charge in [0.2, 0.25) is 0 Å². The van der Waals surface area contributed by atoms with Crippen molar-refractivity contribution in [3.05, 3.63) is 42.0 Å². The number of halogens is 3. The molecule has 0 saturated heterocycles. The minimum atomic E-state index is -4.89. The first-order valence-corrected chi connectivity index (χ1v) is 8.64. The number of carbonyl (C=O) groups excluding carboxylic acids is 1. The molecule has 2 aromatic rings. The first-order valence-electron chi connectivity index (χ1n) is 8.64. The Morgan fingerprint density at radius 3 is 2.41 bits per heavy atom. The summed E-state index contributed by atoms with van der Waals surface area (Å²) in [5.74, 6) is -0.140. The number of hydrogen-bond acceptors (Lipinski definition) is 4. The molecule has 0 fully saturated rings. The molecule has 4 nitrogen and oxygen atoms in total. The SMILES string of the molecule is CCC(C)c1ccc2cc(OCC(=O)OCC(C)(O)C(F)(F)F)ccc2c1. The van der Waals surface area contributed by atoms with Crippen LogP contribution in [0.1, 0.15) is 38.7 Å². The van der Waals surface area contributed by atoms with Crippen LogP contribution in [0.4, 0.5) is 13.2 Å². The van der Waals surface area contributed by atoms with Gasteiger partial charge in [-0.05, 0) is 47.7 Å². The topological polar surface area (TPSA) is 55.8 Å². The average molecular weight is 384 g/mol. The summed E-state index contributed by atoms with van der Waals surface area (Å²) in [5, 5.41) is 11.2. The van der Waals surface area contributed by atoms with Crippen LogP contribution in [0.2, 0.25) is 0 Å². The number of alkyl halides is 3. The van der Waals surface area contributed by atoms with Gasteiger partial charge in [-0.1, -0.05) is 38.1 Å². The van der Waals surface area contributed by atoms with Gasteiger partial charge in [-0.25, -0.2) is 4.79 Å². The van der Waals surface area contributed by atoms with Gasteiger partial charge >= 0.3 is 12.1 Å². The highest BCUT2D eigenvalue weighted by Crippen LogP contribution is 2.30. The van der Waals surface area contributed by atoms with Gasteiger partial charge in [0, 0.05) is 0 Å². The maximum absolute atomic E-state index is 12.5. The number of fused-ring (bicyclic) bond motifs is 1. The van der Waals surface area contributed by atoms with Gasteiger partial charge in [-0.15, -0.1) is 0 Å². The molecule has 148 valence electrons. The van der Waals surface area contributed by atoms with E-state index in [0.717, 1.165) is 17.2 Å². The van der Waals surface area contributed by atoms with Crippen molar-refractivity contribution >= 4 is 16.7 Å². The number of esters is 1. The van der Waals surface area contributed by atoms with Crippen molar-refractivity contribution in [1.82, 2.24) is 0 Å². The van der Waals surface area contributed by atoms with Crippen molar-refractivity contribution in [3.63, 3.8) is 0 Å². The number of aliphatic hydroxyl groups is 1. The van der Waals surface area contributed by atoms with Crippen LogP contribution >= 0.6 is 0 Å². The highest BCUT2D eigenvalue weighted by Gasteiger charge is 2.50. The van der Waals surface area contributed by atoms with Crippen molar-refractivity contribution in [2.75, 3.05) is 13.2 Å². The normalized spacial score (nSPS) is 15.2. The fourth-order valence-electron chi connectivity index (χ4n) is 2.36. The van der Waals surface area contributed by atoms with Crippen LogP contribution in [0.3, 0.4) is 0 Å². The average Bonchev–Trinajstić information content (AvgIpc) is 2.62. The van der Waals surface area contributed by atoms with Gasteiger partial charge in [0.1, 0.15) is 12.4 Å². The number of hydrogen-bond donors (Lipinski definition) is 1. The molecule has 0 aromatic heterocycles. The van der Waals surface area contributed by atoms with E-state index in [2.05, 4.69) is 24.7 Å². The van der Waals surface area contributed by atoms with E-state index >= 15 is 0 Å². The quantitative estimate of drug-likeness (QED) is 0.710. The number of benzene rings is 2. The molecule has 2 atom stereocenters. The van der Waals surface area contributed by atoms with E-state index < -0.39 is 31.0 Å². The van der Waals surface area contributed by atoms with Crippen molar-refractivity contribution < 1.29 is 32.5 Å². The Labute approximate surface area is 155 Å². The lowest BCUT2D eigenvalue weighted by Gasteiger charge is -2.25. The van der Waals surface area contributed by atoms with Crippen LogP contribution in [0.25, 0.3) is 10.8 Å². The highest BCUT2D eigenvalue weighted by atomic mass is 19.4. The van der Waals surface area contributed by atoms with E-state index in [1.54, 1.807) is 12.1 Å². The third kappa shape index (κ3) is 5.35. The zero-order chi connectivity index (χ0) is 20.2. The number of rotatable bonds is 7. The molecule has 0 aliphatic carbocycles. The maximum Gasteiger partial charge on any atom is 0.420 e. The molecule has 0 amide bonds. The molecule has 0 radical (unpaired) electrons. The Morgan fingerprint density at radius 2 is 1.78 bits per heavy atom. The summed E-state index contributed by atoms with van der Waals surface area (Å²) in [6, 6.07) is 11.4. The van der Waals surface area contributed by atoms with Crippen molar-refractivity contribution in [1.29, 1.82) is 0 Å². The minimum Gasteiger partial charge on any atom is -0.482 e. The molecule has 0 aliphatic rings. The van der Waals surface area contributed by atoms with Gasteiger partial charge in [-0.2, -0.15) is 13.2 Å². The van der Waals surface area contributed by atoms with E-state index in [1.165, 1.54) is 5.56 Å². The van der Waals surface area contributed by atoms with Gasteiger partial charge in [-0.3, -0.25) is 0 Å². The molecule has 0 aliphatic heterocycles. The van der Waals surface area contributed by atoms with E-state index in [9.17, 15) is 23.1 Å². The summed E-state index contributed by atoms with van der Waals surface area (Å²) in [6.45, 7) is 3.08. The van der Waals surface area contributed by atoms with Gasteiger partial charge < -0.3 is 14.6 Å². The molecule has 0 heterocycles. The zero-order valence-corrected chi connectivity index (χ0v) is 15.5. The molecule has 2 rings (SSSR count). The predicted octanol–water partition coefficient (Wildman–Crippen LogP) is 4.59. The monoisotopic (exact) mass is 384 g/mol. The predicted molar refractivity (Wildman–Crippen MR) is 95.8 cm³/mol. The number of carbonyl (C=O) groups is 1. The third-order valence-electron chi connectivity index (χ3n) is 4.50. The van der Waals surface area contributed by atoms with Crippen LogP contribution in [-0.4, -0.2) is 36.1 Å². The zero-order valence-electron chi connectivity index (χ0n) is 15.5. The molecule has 0 saturated carbocycles. The van der Waals surface area contributed by atoms with Crippen LogP contribution < -0.4 is 4.74 Å². The summed E-state index contributed by atoms with van der Waals surface area (Å²) in [5.41, 5.74) is -1.86. The number of ether oxygens (including phenoxy) is 2. The Bertz CT molecular complexity index is 799. The lowest BCUT2D eigenvalue weighted by atomic mass is 9.96. The highest BCUT2D eigenvalue weighted by molar-refractivity contribution is 5.84. The molecule has 7 heteroatoms. The van der Waals surface area contributed by atoms with Gasteiger partial charge in [0.25, 0.3) is 0 Å². The second-order valence-electron chi connectivity index (χ2n) is 6.80. The molecule has 0 spiro atoms. The second kappa shape index (κ2) is 8.17. The molecular formula is C20H23F3O4. The summed E-state index contributed by atoms with van der Waals surface area (Å²) in [4.78, 5) is 11.6. The fourth-order valence-corrected chi connectivity index (χ4v) is 2.36. The van der Waals surface area contributed by atoms with Crippen molar-refractivity contribution in [2.24, 2.45) is 0 Å². The molecule has 1 N–H and O–H groups in total. The van der Waals surface area contributed by atoms with Crippen LogP contribution in [0.15, 0.2) is 36.4 Å². The Morgan fingerprint density at radius 1 is 1.15 bits per heavy atom. The van der Waals surface area contributed by atoms with Crippen molar-refractivity contribution in [3.8, 4) is 5.75 Å². The Kier molecular flexibility index (Phi) is 6.36. The Balaban J connectivity index is 1.96. The smallest absolute Gasteiger partial charge is 0.420 e. The second-order valence-corrected chi connectivity index (χ2v) is 6.80. The first-order chi connectivity index (χ1) is 12.5. The Hall–Kier alpha value is -2.28. The maximum atomic E-state index is 12.5. The lowest BCUT2D eigenvalue weighted by Crippen LogP contribution is -2.47. The van der Waals surface area contributed by atoms with E-state index in [-0.39, 0.29) is 0 Å². The molecule has 2 aromatic carbocycles. The van der Waals surface area contributed by atoms with Gasteiger partial charge in [0.15, 0.2) is 12.2 Å². The van der Waals surface area contributed by atoms with Crippen LogP contribution in [-0.2, 0) is 9.53 Å². The van der Waals surface area contributed by atoms with Crippen LogP contribution in [0.5, 0.6) is 5.75 Å². The van der Waals surface area contributed by atoms with Gasteiger partial charge in [0.05, 0.1) is 0 Å². The lowest BCUT2D eigenvalue weighted by molar-refractivity contribution is -0.265. The summed E-state index contributed by atoms with van der Waals surface area (Å²) in [7, 11) is 0. The summed E-state index contributed by atoms with van der Waals surface area (Å²) < 4.78 is 47.3. The van der Waals surface area contributed by atoms with Crippen LogP contribution in [0, 0.1) is 0 Å². The summed E-state index contributed by atoms with van der Waals surface area (Å²) in [6.07, 6.45) is -3.85. The largest absolute Gasteiger partial charge is 0.482 e. The molecule has 0 bridgehead atoms. The standard InChI is InChI=1S/C20H23F3O4/c1-4-13(2)14-5-6-16-10-17(8-7-15(16)9-14)26-11-18(24)27-12-19(3,25)20(21,22)23/h5-10,13,25H,4,11-12H2,1-3H3. The first kappa shape index (κ1) is 21.0. The van der Waals surface area contributed by atoms with E-state index in [4.69, 9.17) is 4.74 Å². The molecule has 2 unspecified atom stereocenters. The van der Waals surface area contributed by atoms with Crippen molar-refractivity contribution in [2.45, 2.75) is 44.9 Å². The van der Waals surface area contributed by atoms with E-state index in [0.29, 0.717) is 18.6 Å². The van der Waals surface area contributed by atoms with E-state index in [1.807, 2.05) is 18.2 Å². The third-order valence-corrected chi connectivity index (χ3v) is 4.50.